The van der Waals surface area contributed by atoms with E-state index in [1.54, 1.807) is 47.7 Å². The zero-order chi connectivity index (χ0) is 16.9. The Kier molecular flexibility index (Phi) is 4.77. The molecular weight excluding hydrogens is 324 g/mol. The van der Waals surface area contributed by atoms with Gasteiger partial charge in [0, 0.05) is 16.1 Å². The Bertz CT molecular complexity index is 809. The predicted molar refractivity (Wildman–Crippen MR) is 93.3 cm³/mol. The average Bonchev–Trinajstić information content (AvgIpc) is 3.29. The first-order valence-electron chi connectivity index (χ1n) is 7.42. The van der Waals surface area contributed by atoms with Crippen LogP contribution in [-0.2, 0) is 0 Å². The molecule has 0 bridgehead atoms. The molecule has 2 amide bonds. The summed E-state index contributed by atoms with van der Waals surface area (Å²) in [7, 11) is 0. The minimum absolute atomic E-state index is 0.0455. The van der Waals surface area contributed by atoms with Crippen LogP contribution in [0.3, 0.4) is 0 Å². The lowest BCUT2D eigenvalue weighted by Crippen LogP contribution is -2.26. The monoisotopic (exact) mass is 340 g/mol. The molecule has 0 aliphatic rings. The summed E-state index contributed by atoms with van der Waals surface area (Å²) >= 11 is 1.61. The molecule has 122 valence electrons. The van der Waals surface area contributed by atoms with Gasteiger partial charge in [0.1, 0.15) is 0 Å². The van der Waals surface area contributed by atoms with E-state index in [2.05, 4.69) is 10.6 Å². The summed E-state index contributed by atoms with van der Waals surface area (Å²) in [4.78, 5) is 25.3. The molecule has 0 radical (unpaired) electrons. The lowest BCUT2D eigenvalue weighted by molar-refractivity contribution is 0.0939. The predicted octanol–water partition coefficient (Wildman–Crippen LogP) is 4.08. The quantitative estimate of drug-likeness (QED) is 0.735. The van der Waals surface area contributed by atoms with Crippen molar-refractivity contribution >= 4 is 28.8 Å². The number of amides is 2. The minimum atomic E-state index is -0.330. The lowest BCUT2D eigenvalue weighted by Gasteiger charge is -2.12. The van der Waals surface area contributed by atoms with Crippen molar-refractivity contribution < 1.29 is 14.0 Å². The smallest absolute Gasteiger partial charge is 0.291 e. The molecule has 3 aromatic rings. The molecule has 0 aliphatic heterocycles. The highest BCUT2D eigenvalue weighted by Gasteiger charge is 2.13. The van der Waals surface area contributed by atoms with E-state index in [9.17, 15) is 9.59 Å². The molecule has 3 rings (SSSR count). The zero-order valence-electron chi connectivity index (χ0n) is 13.0. The number of rotatable bonds is 5. The van der Waals surface area contributed by atoms with E-state index in [1.807, 2.05) is 24.4 Å². The fraction of sp³-hybridized carbons (Fsp3) is 0.111. The average molecular weight is 340 g/mol. The van der Waals surface area contributed by atoms with Gasteiger partial charge in [-0.05, 0) is 54.8 Å². The molecule has 0 aliphatic carbocycles. The van der Waals surface area contributed by atoms with Crippen LogP contribution in [-0.4, -0.2) is 11.8 Å². The highest BCUT2D eigenvalue weighted by atomic mass is 32.1. The Hall–Kier alpha value is -2.86. The van der Waals surface area contributed by atoms with Crippen LogP contribution in [0.5, 0.6) is 0 Å². The SMILES string of the molecule is CC(NC(=O)c1ccc(NC(=O)c2ccco2)cc1)c1cccs1. The van der Waals surface area contributed by atoms with Gasteiger partial charge in [-0.1, -0.05) is 6.07 Å². The molecule has 1 unspecified atom stereocenters. The van der Waals surface area contributed by atoms with E-state index in [1.165, 1.54) is 6.26 Å². The maximum Gasteiger partial charge on any atom is 0.291 e. The second-order valence-electron chi connectivity index (χ2n) is 5.22. The highest BCUT2D eigenvalue weighted by molar-refractivity contribution is 7.10. The number of hydrogen-bond donors (Lipinski definition) is 2. The third kappa shape index (κ3) is 3.72. The molecule has 0 saturated carbocycles. The number of anilines is 1. The van der Waals surface area contributed by atoms with Crippen LogP contribution in [0.15, 0.2) is 64.6 Å². The summed E-state index contributed by atoms with van der Waals surface area (Å²) in [6, 6.07) is 13.9. The van der Waals surface area contributed by atoms with E-state index in [0.29, 0.717) is 11.3 Å². The normalized spacial score (nSPS) is 11.7. The van der Waals surface area contributed by atoms with Gasteiger partial charge in [0.15, 0.2) is 5.76 Å². The van der Waals surface area contributed by atoms with Crippen LogP contribution in [0.25, 0.3) is 0 Å². The van der Waals surface area contributed by atoms with Crippen molar-refractivity contribution in [2.75, 3.05) is 5.32 Å². The first-order chi connectivity index (χ1) is 11.6. The lowest BCUT2D eigenvalue weighted by atomic mass is 10.1. The summed E-state index contributed by atoms with van der Waals surface area (Å²) in [5.74, 6) is -0.245. The Balaban J connectivity index is 1.61. The first kappa shape index (κ1) is 16.0. The van der Waals surface area contributed by atoms with Gasteiger partial charge in [-0.2, -0.15) is 0 Å². The zero-order valence-corrected chi connectivity index (χ0v) is 13.8. The summed E-state index contributed by atoms with van der Waals surface area (Å²) in [5, 5.41) is 7.64. The first-order valence-corrected chi connectivity index (χ1v) is 8.30. The standard InChI is InChI=1S/C18H16N2O3S/c1-12(16-5-3-11-24-16)19-17(21)13-6-8-14(9-7-13)20-18(22)15-4-2-10-23-15/h2-12H,1H3,(H,19,21)(H,20,22). The fourth-order valence-corrected chi connectivity index (χ4v) is 2.93. The molecule has 24 heavy (non-hydrogen) atoms. The highest BCUT2D eigenvalue weighted by Crippen LogP contribution is 2.19. The number of nitrogens with one attached hydrogen (secondary N) is 2. The van der Waals surface area contributed by atoms with Crippen molar-refractivity contribution in [2.45, 2.75) is 13.0 Å². The maximum absolute atomic E-state index is 12.3. The number of carbonyl (C=O) groups excluding carboxylic acids is 2. The van der Waals surface area contributed by atoms with E-state index >= 15 is 0 Å². The molecule has 2 N–H and O–H groups in total. The number of furan rings is 1. The van der Waals surface area contributed by atoms with Gasteiger partial charge in [0.05, 0.1) is 12.3 Å². The number of hydrogen-bond acceptors (Lipinski definition) is 4. The Morgan fingerprint density at radius 2 is 1.83 bits per heavy atom. The molecule has 6 heteroatoms. The largest absolute Gasteiger partial charge is 0.459 e. The number of carbonyl (C=O) groups is 2. The molecule has 0 spiro atoms. The number of benzene rings is 1. The molecule has 5 nitrogen and oxygen atoms in total. The van der Waals surface area contributed by atoms with E-state index in [-0.39, 0.29) is 23.6 Å². The van der Waals surface area contributed by atoms with Gasteiger partial charge < -0.3 is 15.1 Å². The number of thiophene rings is 1. The van der Waals surface area contributed by atoms with E-state index < -0.39 is 0 Å². The van der Waals surface area contributed by atoms with Crippen LogP contribution in [0.2, 0.25) is 0 Å². The van der Waals surface area contributed by atoms with Gasteiger partial charge in [0.2, 0.25) is 0 Å². The molecule has 1 atom stereocenters. The summed E-state index contributed by atoms with van der Waals surface area (Å²) in [6.07, 6.45) is 1.44. The van der Waals surface area contributed by atoms with Gasteiger partial charge >= 0.3 is 0 Å². The van der Waals surface area contributed by atoms with Crippen molar-refractivity contribution in [1.29, 1.82) is 0 Å². The van der Waals surface area contributed by atoms with Crippen molar-refractivity contribution in [3.05, 3.63) is 76.4 Å². The second-order valence-corrected chi connectivity index (χ2v) is 6.20. The van der Waals surface area contributed by atoms with Crippen LogP contribution in [0.4, 0.5) is 5.69 Å². The second kappa shape index (κ2) is 7.14. The van der Waals surface area contributed by atoms with Crippen molar-refractivity contribution in [2.24, 2.45) is 0 Å². The summed E-state index contributed by atoms with van der Waals surface area (Å²) in [6.45, 7) is 1.95. The maximum atomic E-state index is 12.3. The molecule has 1 aromatic carbocycles. The van der Waals surface area contributed by atoms with Crippen molar-refractivity contribution in [3.63, 3.8) is 0 Å². The van der Waals surface area contributed by atoms with Gasteiger partial charge in [0.25, 0.3) is 11.8 Å². The molecule has 0 fully saturated rings. The third-order valence-corrected chi connectivity index (χ3v) is 4.52. The summed E-state index contributed by atoms with van der Waals surface area (Å²) < 4.78 is 5.03. The summed E-state index contributed by atoms with van der Waals surface area (Å²) in [5.41, 5.74) is 1.13. The van der Waals surface area contributed by atoms with E-state index in [0.717, 1.165) is 4.88 Å². The Labute approximate surface area is 143 Å². The molecule has 2 aromatic heterocycles. The van der Waals surface area contributed by atoms with Gasteiger partial charge in [-0.15, -0.1) is 11.3 Å². The van der Waals surface area contributed by atoms with Crippen LogP contribution < -0.4 is 10.6 Å². The van der Waals surface area contributed by atoms with Gasteiger partial charge in [-0.25, -0.2) is 0 Å². The van der Waals surface area contributed by atoms with Crippen LogP contribution >= 0.6 is 11.3 Å². The fourth-order valence-electron chi connectivity index (χ4n) is 2.19. The topological polar surface area (TPSA) is 71.3 Å². The van der Waals surface area contributed by atoms with Crippen LogP contribution in [0, 0.1) is 0 Å². The van der Waals surface area contributed by atoms with Crippen molar-refractivity contribution in [3.8, 4) is 0 Å². The van der Waals surface area contributed by atoms with Gasteiger partial charge in [-0.3, -0.25) is 9.59 Å². The van der Waals surface area contributed by atoms with E-state index in [4.69, 9.17) is 4.42 Å². The molecule has 0 saturated heterocycles. The third-order valence-electron chi connectivity index (χ3n) is 3.47. The molecular formula is C18H16N2O3S. The van der Waals surface area contributed by atoms with Crippen LogP contribution in [0.1, 0.15) is 38.8 Å². The molecule has 2 heterocycles. The Morgan fingerprint density at radius 1 is 1.04 bits per heavy atom. The van der Waals surface area contributed by atoms with Crippen molar-refractivity contribution in [1.82, 2.24) is 5.32 Å². The minimum Gasteiger partial charge on any atom is -0.459 e. The Morgan fingerprint density at radius 3 is 2.46 bits per heavy atom.